The van der Waals surface area contributed by atoms with Gasteiger partial charge in [0.25, 0.3) is 0 Å². The number of hydrogen-bond donors (Lipinski definition) is 2. The molecule has 1 heterocycles. The minimum absolute atomic E-state index is 0.214. The molecule has 114 valence electrons. The van der Waals surface area contributed by atoms with Crippen LogP contribution >= 0.6 is 0 Å². The average Bonchev–Trinajstić information content (AvgIpc) is 2.93. The van der Waals surface area contributed by atoms with E-state index in [-0.39, 0.29) is 31.5 Å². The summed E-state index contributed by atoms with van der Waals surface area (Å²) >= 11 is 0. The highest BCUT2D eigenvalue weighted by Gasteiger charge is 2.30. The Morgan fingerprint density at radius 1 is 1.48 bits per heavy atom. The van der Waals surface area contributed by atoms with Crippen molar-refractivity contribution in [2.75, 3.05) is 26.2 Å². The molecule has 0 saturated carbocycles. The number of rotatable bonds is 5. The van der Waals surface area contributed by atoms with Crippen LogP contribution in [0.15, 0.2) is 24.3 Å². The molecule has 7 heteroatoms. The van der Waals surface area contributed by atoms with Crippen LogP contribution in [-0.4, -0.2) is 48.2 Å². The van der Waals surface area contributed by atoms with E-state index in [2.05, 4.69) is 5.32 Å². The fourth-order valence-corrected chi connectivity index (χ4v) is 2.14. The summed E-state index contributed by atoms with van der Waals surface area (Å²) in [6.45, 7) is 1.15. The summed E-state index contributed by atoms with van der Waals surface area (Å²) in [4.78, 5) is 24.1. The van der Waals surface area contributed by atoms with Gasteiger partial charge in [0.05, 0.1) is 12.5 Å². The van der Waals surface area contributed by atoms with Crippen LogP contribution in [0.1, 0.15) is 6.42 Å². The summed E-state index contributed by atoms with van der Waals surface area (Å²) in [5, 5.41) is 11.5. The van der Waals surface area contributed by atoms with Crippen molar-refractivity contribution in [3.63, 3.8) is 0 Å². The molecule has 0 aromatic heterocycles. The summed E-state index contributed by atoms with van der Waals surface area (Å²) < 4.78 is 18.2. The molecule has 0 spiro atoms. The van der Waals surface area contributed by atoms with Gasteiger partial charge in [-0.05, 0) is 18.6 Å². The summed E-state index contributed by atoms with van der Waals surface area (Å²) in [5.74, 6) is -1.34. The van der Waals surface area contributed by atoms with Gasteiger partial charge >= 0.3 is 12.0 Å². The fraction of sp³-hybridized carbons (Fsp3) is 0.429. The molecule has 0 aliphatic carbocycles. The molecular weight excluding hydrogens is 279 g/mol. The van der Waals surface area contributed by atoms with Crippen LogP contribution in [-0.2, 0) is 4.79 Å². The van der Waals surface area contributed by atoms with E-state index in [1.165, 1.54) is 17.0 Å². The first-order valence-electron chi connectivity index (χ1n) is 6.70. The number of nitrogens with one attached hydrogen (secondary N) is 1. The number of nitrogens with zero attached hydrogens (tertiary/aromatic N) is 1. The SMILES string of the molecule is O=C(O)C1CCN(C(=O)NCCOc2cccc(F)c2)C1. The van der Waals surface area contributed by atoms with Crippen LogP contribution in [0.3, 0.4) is 0 Å². The maximum absolute atomic E-state index is 12.9. The zero-order valence-corrected chi connectivity index (χ0v) is 11.4. The molecule has 2 N–H and O–H groups in total. The predicted molar refractivity (Wildman–Crippen MR) is 72.6 cm³/mol. The minimum Gasteiger partial charge on any atom is -0.492 e. The number of urea groups is 1. The molecule has 0 bridgehead atoms. The van der Waals surface area contributed by atoms with Gasteiger partial charge in [0, 0.05) is 19.2 Å². The first-order valence-corrected chi connectivity index (χ1v) is 6.70. The molecule has 1 saturated heterocycles. The van der Waals surface area contributed by atoms with E-state index < -0.39 is 11.9 Å². The third-order valence-corrected chi connectivity index (χ3v) is 3.27. The van der Waals surface area contributed by atoms with Crippen LogP contribution < -0.4 is 10.1 Å². The molecule has 1 aromatic carbocycles. The molecule has 2 rings (SSSR count). The number of carboxylic acids is 1. The lowest BCUT2D eigenvalue weighted by Crippen LogP contribution is -2.40. The molecule has 21 heavy (non-hydrogen) atoms. The number of aliphatic carboxylic acids is 1. The fourth-order valence-electron chi connectivity index (χ4n) is 2.14. The Morgan fingerprint density at radius 3 is 2.95 bits per heavy atom. The smallest absolute Gasteiger partial charge is 0.317 e. The monoisotopic (exact) mass is 296 g/mol. The minimum atomic E-state index is -0.875. The largest absolute Gasteiger partial charge is 0.492 e. The third kappa shape index (κ3) is 4.34. The Balaban J connectivity index is 1.67. The Bertz CT molecular complexity index is 523. The zero-order valence-electron chi connectivity index (χ0n) is 11.4. The van der Waals surface area contributed by atoms with Crippen LogP contribution in [0.25, 0.3) is 0 Å². The molecule has 2 amide bonds. The molecule has 0 radical (unpaired) electrons. The second-order valence-electron chi connectivity index (χ2n) is 4.81. The summed E-state index contributed by atoms with van der Waals surface area (Å²) in [5.41, 5.74) is 0. The van der Waals surface area contributed by atoms with Crippen molar-refractivity contribution >= 4 is 12.0 Å². The van der Waals surface area contributed by atoms with Crippen LogP contribution in [0, 0.1) is 11.7 Å². The second-order valence-corrected chi connectivity index (χ2v) is 4.81. The molecular formula is C14H17FN2O4. The Morgan fingerprint density at radius 2 is 2.29 bits per heavy atom. The van der Waals surface area contributed by atoms with Gasteiger partial charge in [-0.3, -0.25) is 4.79 Å². The Hall–Kier alpha value is -2.31. The van der Waals surface area contributed by atoms with E-state index in [9.17, 15) is 14.0 Å². The van der Waals surface area contributed by atoms with Crippen molar-refractivity contribution in [3.05, 3.63) is 30.1 Å². The number of hydrogen-bond acceptors (Lipinski definition) is 3. The van der Waals surface area contributed by atoms with E-state index in [1.54, 1.807) is 12.1 Å². The highest BCUT2D eigenvalue weighted by Crippen LogP contribution is 2.16. The number of carbonyl (C=O) groups excluding carboxylic acids is 1. The van der Waals surface area contributed by atoms with Gasteiger partial charge in [0.2, 0.25) is 0 Å². The van der Waals surface area contributed by atoms with E-state index in [1.807, 2.05) is 0 Å². The molecule has 1 aromatic rings. The van der Waals surface area contributed by atoms with Gasteiger partial charge in [0.1, 0.15) is 18.2 Å². The van der Waals surface area contributed by atoms with Gasteiger partial charge in [-0.25, -0.2) is 9.18 Å². The van der Waals surface area contributed by atoms with E-state index in [0.717, 1.165) is 0 Å². The lowest BCUT2D eigenvalue weighted by Gasteiger charge is -2.16. The number of ether oxygens (including phenoxy) is 1. The topological polar surface area (TPSA) is 78.9 Å². The standard InChI is InChI=1S/C14H17FN2O4/c15-11-2-1-3-12(8-11)21-7-5-16-14(20)17-6-4-10(9-17)13(18)19/h1-3,8,10H,4-7,9H2,(H,16,20)(H,18,19). The van der Waals surface area contributed by atoms with Crippen molar-refractivity contribution in [2.45, 2.75) is 6.42 Å². The van der Waals surface area contributed by atoms with Crippen molar-refractivity contribution in [3.8, 4) is 5.75 Å². The van der Waals surface area contributed by atoms with Gasteiger partial charge in [0.15, 0.2) is 0 Å². The number of halogens is 1. The Labute approximate surface area is 121 Å². The van der Waals surface area contributed by atoms with Gasteiger partial charge in [-0.2, -0.15) is 0 Å². The quantitative estimate of drug-likeness (QED) is 0.803. The lowest BCUT2D eigenvalue weighted by atomic mass is 10.1. The third-order valence-electron chi connectivity index (χ3n) is 3.27. The van der Waals surface area contributed by atoms with Crippen molar-refractivity contribution < 1.29 is 23.8 Å². The van der Waals surface area contributed by atoms with Gasteiger partial charge < -0.3 is 20.1 Å². The molecule has 1 atom stereocenters. The Kier molecular flexibility index (Phi) is 4.97. The number of likely N-dealkylation sites (tertiary alicyclic amines) is 1. The normalized spacial score (nSPS) is 17.6. The number of benzene rings is 1. The molecule has 1 aliphatic rings. The van der Waals surface area contributed by atoms with Crippen molar-refractivity contribution in [1.29, 1.82) is 0 Å². The maximum Gasteiger partial charge on any atom is 0.317 e. The summed E-state index contributed by atoms with van der Waals surface area (Å²) in [7, 11) is 0. The van der Waals surface area contributed by atoms with E-state index in [0.29, 0.717) is 18.7 Å². The van der Waals surface area contributed by atoms with E-state index in [4.69, 9.17) is 9.84 Å². The predicted octanol–water partition coefficient (Wildman–Crippen LogP) is 1.32. The second kappa shape index (κ2) is 6.92. The van der Waals surface area contributed by atoms with Crippen molar-refractivity contribution in [1.82, 2.24) is 10.2 Å². The van der Waals surface area contributed by atoms with Crippen LogP contribution in [0.4, 0.5) is 9.18 Å². The van der Waals surface area contributed by atoms with Gasteiger partial charge in [-0.1, -0.05) is 6.07 Å². The average molecular weight is 296 g/mol. The van der Waals surface area contributed by atoms with E-state index >= 15 is 0 Å². The molecule has 1 unspecified atom stereocenters. The highest BCUT2D eigenvalue weighted by atomic mass is 19.1. The first kappa shape index (κ1) is 15.1. The van der Waals surface area contributed by atoms with Crippen LogP contribution in [0.5, 0.6) is 5.75 Å². The first-order chi connectivity index (χ1) is 10.1. The molecule has 1 aliphatic heterocycles. The number of carbonyl (C=O) groups is 2. The highest BCUT2D eigenvalue weighted by molar-refractivity contribution is 5.77. The molecule has 1 fully saturated rings. The maximum atomic E-state index is 12.9. The summed E-state index contributed by atoms with van der Waals surface area (Å²) in [6.07, 6.45) is 0.475. The number of carboxylic acid groups (broad SMARTS) is 1. The summed E-state index contributed by atoms with van der Waals surface area (Å²) in [6, 6.07) is 5.45. The molecule has 6 nitrogen and oxygen atoms in total. The lowest BCUT2D eigenvalue weighted by molar-refractivity contribution is -0.141. The van der Waals surface area contributed by atoms with Crippen LogP contribution in [0.2, 0.25) is 0 Å². The zero-order chi connectivity index (χ0) is 15.2. The van der Waals surface area contributed by atoms with Gasteiger partial charge in [-0.15, -0.1) is 0 Å². The number of amides is 2. The van der Waals surface area contributed by atoms with Crippen molar-refractivity contribution in [2.24, 2.45) is 5.92 Å².